The number of aromatic nitrogens is 6. The normalized spacial score (nSPS) is 18.5. The van der Waals surface area contributed by atoms with E-state index in [0.29, 0.717) is 23.1 Å². The van der Waals surface area contributed by atoms with Crippen LogP contribution in [0.5, 0.6) is 0 Å². The molecule has 3 aromatic heterocycles. The third-order valence-corrected chi connectivity index (χ3v) is 5.88. The quantitative estimate of drug-likeness (QED) is 0.469. The molecule has 1 amide bonds. The minimum atomic E-state index is -0.287. The maximum atomic E-state index is 12.8. The number of benzene rings is 1. The molecule has 33 heavy (non-hydrogen) atoms. The predicted molar refractivity (Wildman–Crippen MR) is 121 cm³/mol. The highest BCUT2D eigenvalue weighted by Crippen LogP contribution is 2.28. The highest BCUT2D eigenvalue weighted by molar-refractivity contribution is 5.92. The summed E-state index contributed by atoms with van der Waals surface area (Å²) in [7, 11) is 1.80. The second-order valence-corrected chi connectivity index (χ2v) is 8.27. The minimum absolute atomic E-state index is 0.0905. The minimum Gasteiger partial charge on any atom is -0.371 e. The summed E-state index contributed by atoms with van der Waals surface area (Å²) in [6.45, 7) is 0.178. The number of ether oxygens (including phenoxy) is 1. The van der Waals surface area contributed by atoms with Crippen LogP contribution in [-0.2, 0) is 23.2 Å². The van der Waals surface area contributed by atoms with Crippen LogP contribution < -0.4 is 10.9 Å². The molecule has 0 bridgehead atoms. The Labute approximate surface area is 189 Å². The average molecular weight is 447 g/mol. The van der Waals surface area contributed by atoms with Crippen molar-refractivity contribution in [1.82, 2.24) is 29.4 Å². The van der Waals surface area contributed by atoms with Crippen LogP contribution >= 0.6 is 0 Å². The van der Waals surface area contributed by atoms with Crippen molar-refractivity contribution in [3.8, 4) is 11.4 Å². The van der Waals surface area contributed by atoms with Gasteiger partial charge in [0, 0.05) is 36.6 Å². The molecule has 0 spiro atoms. The molecule has 5 rings (SSSR count). The Hall–Kier alpha value is -3.79. The first-order chi connectivity index (χ1) is 16.1. The summed E-state index contributed by atoms with van der Waals surface area (Å²) in [4.78, 5) is 33.0. The largest absolute Gasteiger partial charge is 0.371 e. The maximum Gasteiger partial charge on any atom is 0.275 e. The summed E-state index contributed by atoms with van der Waals surface area (Å²) in [5, 5.41) is 11.4. The van der Waals surface area contributed by atoms with Crippen LogP contribution in [0.4, 0.5) is 5.82 Å². The van der Waals surface area contributed by atoms with Gasteiger partial charge < -0.3 is 15.0 Å². The van der Waals surface area contributed by atoms with E-state index in [4.69, 9.17) is 4.74 Å². The van der Waals surface area contributed by atoms with E-state index in [1.54, 1.807) is 24.0 Å². The second-order valence-electron chi connectivity index (χ2n) is 8.27. The van der Waals surface area contributed by atoms with Crippen LogP contribution in [0.3, 0.4) is 0 Å². The molecule has 1 aliphatic rings. The summed E-state index contributed by atoms with van der Waals surface area (Å²) < 4.78 is 9.02. The molecule has 1 fully saturated rings. The van der Waals surface area contributed by atoms with E-state index >= 15 is 0 Å². The highest BCUT2D eigenvalue weighted by Gasteiger charge is 2.32. The number of nitrogens with one attached hydrogen (secondary N) is 2. The zero-order valence-electron chi connectivity index (χ0n) is 18.3. The first kappa shape index (κ1) is 21.1. The fourth-order valence-electron chi connectivity index (χ4n) is 4.22. The predicted octanol–water partition coefficient (Wildman–Crippen LogP) is 2.53. The van der Waals surface area contributed by atoms with Crippen molar-refractivity contribution < 1.29 is 9.53 Å². The maximum absolute atomic E-state index is 12.8. The Morgan fingerprint density at radius 3 is 2.79 bits per heavy atom. The molecule has 170 valence electrons. The van der Waals surface area contributed by atoms with Crippen molar-refractivity contribution in [2.45, 2.75) is 38.4 Å². The van der Waals surface area contributed by atoms with Gasteiger partial charge in [0.1, 0.15) is 0 Å². The zero-order valence-corrected chi connectivity index (χ0v) is 18.3. The molecule has 10 heteroatoms. The van der Waals surface area contributed by atoms with Gasteiger partial charge in [-0.25, -0.2) is 0 Å². The number of carbonyl (C=O) groups is 1. The molecule has 0 radical (unpaired) electrons. The van der Waals surface area contributed by atoms with Crippen molar-refractivity contribution in [2.24, 2.45) is 13.0 Å². The second kappa shape index (κ2) is 8.99. The van der Waals surface area contributed by atoms with E-state index in [-0.39, 0.29) is 30.1 Å². The number of nitrogens with zero attached hydrogens (tertiary/aromatic N) is 5. The van der Waals surface area contributed by atoms with Crippen LogP contribution in [0.2, 0.25) is 0 Å². The summed E-state index contributed by atoms with van der Waals surface area (Å²) in [6, 6.07) is 12.7. The van der Waals surface area contributed by atoms with Crippen molar-refractivity contribution in [1.29, 1.82) is 0 Å². The van der Waals surface area contributed by atoms with Gasteiger partial charge in [-0.05, 0) is 12.8 Å². The zero-order chi connectivity index (χ0) is 22.8. The number of H-pyrrole nitrogens is 1. The fraction of sp³-hybridized carbons (Fsp3) is 0.348. The van der Waals surface area contributed by atoms with Gasteiger partial charge in [0.2, 0.25) is 11.7 Å². The van der Waals surface area contributed by atoms with E-state index in [2.05, 4.69) is 25.5 Å². The van der Waals surface area contributed by atoms with Crippen LogP contribution in [0.25, 0.3) is 17.2 Å². The van der Waals surface area contributed by atoms with Gasteiger partial charge in [0.05, 0.1) is 18.6 Å². The van der Waals surface area contributed by atoms with Gasteiger partial charge in [-0.1, -0.05) is 43.2 Å². The molecule has 2 N–H and O–H groups in total. The molecule has 10 nitrogen and oxygen atoms in total. The van der Waals surface area contributed by atoms with Crippen LogP contribution in [0, 0.1) is 5.92 Å². The summed E-state index contributed by atoms with van der Waals surface area (Å²) in [5.41, 5.74) is 1.13. The summed E-state index contributed by atoms with van der Waals surface area (Å²) >= 11 is 0. The Morgan fingerprint density at radius 1 is 1.18 bits per heavy atom. The smallest absolute Gasteiger partial charge is 0.275 e. The molecule has 0 aliphatic heterocycles. The lowest BCUT2D eigenvalue weighted by Gasteiger charge is -2.30. The highest BCUT2D eigenvalue weighted by atomic mass is 16.5. The summed E-state index contributed by atoms with van der Waals surface area (Å²) in [6.07, 6.45) is 5.06. The van der Waals surface area contributed by atoms with E-state index in [9.17, 15) is 9.59 Å². The fourth-order valence-corrected chi connectivity index (χ4v) is 4.22. The number of carbonyl (C=O) groups excluding carboxylic acids is 1. The number of fused-ring (bicyclic) bond motifs is 1. The molecule has 1 aliphatic carbocycles. The third-order valence-electron chi connectivity index (χ3n) is 5.88. The van der Waals surface area contributed by atoms with Crippen molar-refractivity contribution in [2.75, 3.05) is 5.32 Å². The average Bonchev–Trinajstić information content (AvgIpc) is 3.45. The number of amides is 1. The molecular formula is C23H25N7O3. The Kier molecular flexibility index (Phi) is 5.74. The lowest BCUT2D eigenvalue weighted by Crippen LogP contribution is -2.37. The van der Waals surface area contributed by atoms with Crippen molar-refractivity contribution in [3.63, 3.8) is 0 Å². The van der Waals surface area contributed by atoms with Gasteiger partial charge in [-0.2, -0.15) is 14.6 Å². The van der Waals surface area contributed by atoms with E-state index in [0.717, 1.165) is 31.2 Å². The Balaban J connectivity index is 1.30. The molecule has 3 heterocycles. The standard InChI is InChI=1S/C23H25N7O3/c1-29-12-11-19(27-29)25-22(32)17-9-5-6-10-18(17)33-14-16-13-20(31)30-23(24-16)26-21(28-30)15-7-3-2-4-8-15/h2-4,7-8,11-13,17-18H,5-6,9-10,14H2,1H3,(H,24,26,28)(H,25,27,32). The molecule has 2 atom stereocenters. The topological polar surface area (TPSA) is 119 Å². The number of hydrogen-bond donors (Lipinski definition) is 2. The van der Waals surface area contributed by atoms with Gasteiger partial charge in [0.15, 0.2) is 11.6 Å². The van der Waals surface area contributed by atoms with Crippen LogP contribution in [0.15, 0.2) is 53.5 Å². The van der Waals surface area contributed by atoms with Gasteiger partial charge in [-0.3, -0.25) is 14.3 Å². The van der Waals surface area contributed by atoms with Crippen LogP contribution in [0.1, 0.15) is 31.4 Å². The first-order valence-corrected chi connectivity index (χ1v) is 11.0. The summed E-state index contributed by atoms with van der Waals surface area (Å²) in [5.74, 6) is 0.998. The number of aryl methyl sites for hydroxylation is 1. The first-order valence-electron chi connectivity index (χ1n) is 11.0. The Bertz CT molecular complexity index is 1320. The number of anilines is 1. The van der Waals surface area contributed by atoms with Gasteiger partial charge >= 0.3 is 0 Å². The van der Waals surface area contributed by atoms with E-state index in [1.807, 2.05) is 30.3 Å². The molecule has 2 unspecified atom stereocenters. The molecule has 0 saturated heterocycles. The molecule has 4 aromatic rings. The van der Waals surface area contributed by atoms with E-state index in [1.165, 1.54) is 10.6 Å². The molecule has 1 aromatic carbocycles. The molecular weight excluding hydrogens is 422 g/mol. The number of hydrogen-bond acceptors (Lipinski definition) is 6. The Morgan fingerprint density at radius 2 is 2.00 bits per heavy atom. The lowest BCUT2D eigenvalue weighted by atomic mass is 9.85. The van der Waals surface area contributed by atoms with E-state index < -0.39 is 0 Å². The van der Waals surface area contributed by atoms with Crippen molar-refractivity contribution >= 4 is 17.5 Å². The lowest BCUT2D eigenvalue weighted by molar-refractivity contribution is -0.128. The number of rotatable bonds is 6. The van der Waals surface area contributed by atoms with Crippen molar-refractivity contribution in [3.05, 3.63) is 64.7 Å². The molecule has 1 saturated carbocycles. The number of aromatic amines is 1. The SMILES string of the molecule is Cn1ccc(NC(=O)C2CCCCC2OCc2cc(=O)n3nc(-c4ccccc4)nc3[nH]2)n1. The third kappa shape index (κ3) is 4.56. The van der Waals surface area contributed by atoms with Crippen LogP contribution in [-0.4, -0.2) is 41.4 Å². The monoisotopic (exact) mass is 447 g/mol. The van der Waals surface area contributed by atoms with Gasteiger partial charge in [0.25, 0.3) is 5.56 Å². The van der Waals surface area contributed by atoms with Gasteiger partial charge in [-0.15, -0.1) is 5.10 Å².